The summed E-state index contributed by atoms with van der Waals surface area (Å²) in [7, 11) is 1.86. The van der Waals surface area contributed by atoms with Gasteiger partial charge in [-0.2, -0.15) is 11.3 Å². The number of thiophene rings is 1. The quantitative estimate of drug-likeness (QED) is 0.851. The molecule has 22 heavy (non-hydrogen) atoms. The average molecular weight is 314 g/mol. The highest BCUT2D eigenvalue weighted by molar-refractivity contribution is 7.08. The lowest BCUT2D eigenvalue weighted by atomic mass is 10.1. The van der Waals surface area contributed by atoms with Crippen LogP contribution in [0.3, 0.4) is 0 Å². The predicted octanol–water partition coefficient (Wildman–Crippen LogP) is 4.01. The van der Waals surface area contributed by atoms with Crippen LogP contribution in [0, 0.1) is 0 Å². The Balaban J connectivity index is 1.62. The van der Waals surface area contributed by atoms with Gasteiger partial charge in [0, 0.05) is 37.7 Å². The Morgan fingerprint density at radius 2 is 1.86 bits per heavy atom. The zero-order valence-corrected chi connectivity index (χ0v) is 13.8. The molecule has 1 saturated heterocycles. The lowest BCUT2D eigenvalue weighted by molar-refractivity contribution is 0.0785. The molecule has 0 saturated carbocycles. The van der Waals surface area contributed by atoms with E-state index in [9.17, 15) is 4.79 Å². The summed E-state index contributed by atoms with van der Waals surface area (Å²) in [6, 6.07) is 10.5. The number of hydrogen-bond donors (Lipinski definition) is 0. The first-order chi connectivity index (χ1) is 10.7. The molecule has 3 nitrogen and oxygen atoms in total. The van der Waals surface area contributed by atoms with Crippen LogP contribution in [0.5, 0.6) is 0 Å². The number of rotatable bonds is 4. The zero-order valence-electron chi connectivity index (χ0n) is 13.0. The van der Waals surface area contributed by atoms with Crippen molar-refractivity contribution >= 4 is 22.9 Å². The van der Waals surface area contributed by atoms with E-state index in [-0.39, 0.29) is 5.91 Å². The van der Waals surface area contributed by atoms with Crippen molar-refractivity contribution in [2.45, 2.75) is 25.8 Å². The van der Waals surface area contributed by atoms with E-state index in [0.717, 1.165) is 18.7 Å². The molecule has 1 aliphatic rings. The highest BCUT2D eigenvalue weighted by atomic mass is 32.1. The van der Waals surface area contributed by atoms with Gasteiger partial charge in [-0.1, -0.05) is 12.1 Å². The molecule has 0 aliphatic carbocycles. The van der Waals surface area contributed by atoms with Crippen LogP contribution in [0.15, 0.2) is 41.1 Å². The standard InChI is InChI=1S/C18H22N2OS/c1-19(18(21)16-9-12-22-14-16)13-15-5-7-17(8-6-15)20-10-3-2-4-11-20/h5-9,12,14H,2-4,10-11,13H2,1H3. The van der Waals surface area contributed by atoms with E-state index in [1.165, 1.54) is 30.5 Å². The van der Waals surface area contributed by atoms with Gasteiger partial charge in [0.05, 0.1) is 5.56 Å². The van der Waals surface area contributed by atoms with Gasteiger partial charge < -0.3 is 9.80 Å². The summed E-state index contributed by atoms with van der Waals surface area (Å²) in [6.45, 7) is 2.97. The second kappa shape index (κ2) is 6.97. The maximum atomic E-state index is 12.2. The van der Waals surface area contributed by atoms with Crippen LogP contribution in [0.4, 0.5) is 5.69 Å². The molecule has 0 spiro atoms. The monoisotopic (exact) mass is 314 g/mol. The topological polar surface area (TPSA) is 23.6 Å². The molecule has 2 heterocycles. The van der Waals surface area contributed by atoms with Crippen LogP contribution in [0.2, 0.25) is 0 Å². The molecule has 0 N–H and O–H groups in total. The fourth-order valence-corrected chi connectivity index (χ4v) is 3.55. The molecular weight excluding hydrogens is 292 g/mol. The number of carbonyl (C=O) groups excluding carboxylic acids is 1. The third kappa shape index (κ3) is 3.50. The highest BCUT2D eigenvalue weighted by Crippen LogP contribution is 2.21. The van der Waals surface area contributed by atoms with Gasteiger partial charge in [0.1, 0.15) is 0 Å². The fraction of sp³-hybridized carbons (Fsp3) is 0.389. The number of amides is 1. The van der Waals surface area contributed by atoms with E-state index in [1.807, 2.05) is 23.9 Å². The summed E-state index contributed by atoms with van der Waals surface area (Å²) in [5.74, 6) is 0.0846. The lowest BCUT2D eigenvalue weighted by Gasteiger charge is -2.29. The van der Waals surface area contributed by atoms with Crippen LogP contribution >= 0.6 is 11.3 Å². The van der Waals surface area contributed by atoms with Crippen LogP contribution in [-0.2, 0) is 6.54 Å². The average Bonchev–Trinajstić information content (AvgIpc) is 3.10. The SMILES string of the molecule is CN(Cc1ccc(N2CCCCC2)cc1)C(=O)c1ccsc1. The zero-order chi connectivity index (χ0) is 15.4. The molecule has 2 aromatic rings. The van der Waals surface area contributed by atoms with Gasteiger partial charge in [-0.25, -0.2) is 0 Å². The van der Waals surface area contributed by atoms with Gasteiger partial charge in [-0.3, -0.25) is 4.79 Å². The van der Waals surface area contributed by atoms with Crippen molar-refractivity contribution in [3.63, 3.8) is 0 Å². The molecule has 0 unspecified atom stereocenters. The summed E-state index contributed by atoms with van der Waals surface area (Å²) in [5.41, 5.74) is 3.25. The number of hydrogen-bond acceptors (Lipinski definition) is 3. The molecule has 1 aromatic carbocycles. The molecular formula is C18H22N2OS. The van der Waals surface area contributed by atoms with Gasteiger partial charge in [-0.15, -0.1) is 0 Å². The van der Waals surface area contributed by atoms with Crippen LogP contribution in [0.1, 0.15) is 35.2 Å². The van der Waals surface area contributed by atoms with Crippen molar-refractivity contribution in [1.29, 1.82) is 0 Å². The molecule has 0 bridgehead atoms. The summed E-state index contributed by atoms with van der Waals surface area (Å²) < 4.78 is 0. The molecule has 0 radical (unpaired) electrons. The second-order valence-corrected chi connectivity index (χ2v) is 6.67. The minimum atomic E-state index is 0.0846. The molecule has 4 heteroatoms. The largest absolute Gasteiger partial charge is 0.372 e. The summed E-state index contributed by atoms with van der Waals surface area (Å²) in [4.78, 5) is 16.5. The molecule has 1 amide bonds. The second-order valence-electron chi connectivity index (χ2n) is 5.89. The van der Waals surface area contributed by atoms with E-state index < -0.39 is 0 Å². The highest BCUT2D eigenvalue weighted by Gasteiger charge is 2.13. The predicted molar refractivity (Wildman–Crippen MR) is 92.6 cm³/mol. The number of piperidine rings is 1. The summed E-state index contributed by atoms with van der Waals surface area (Å²) in [6.07, 6.45) is 3.93. The summed E-state index contributed by atoms with van der Waals surface area (Å²) in [5, 5.41) is 3.84. The van der Waals surface area contributed by atoms with E-state index in [2.05, 4.69) is 29.2 Å². The Kier molecular flexibility index (Phi) is 4.78. The molecule has 1 aliphatic heterocycles. The first-order valence-electron chi connectivity index (χ1n) is 7.85. The van der Waals surface area contributed by atoms with E-state index in [4.69, 9.17) is 0 Å². The normalized spacial score (nSPS) is 14.9. The van der Waals surface area contributed by atoms with Gasteiger partial charge in [0.2, 0.25) is 0 Å². The molecule has 1 aromatic heterocycles. The Morgan fingerprint density at radius 3 is 2.50 bits per heavy atom. The van der Waals surface area contributed by atoms with Crippen molar-refractivity contribution in [3.8, 4) is 0 Å². The fourth-order valence-electron chi connectivity index (χ4n) is 2.92. The smallest absolute Gasteiger partial charge is 0.254 e. The van der Waals surface area contributed by atoms with Crippen LogP contribution < -0.4 is 4.90 Å². The summed E-state index contributed by atoms with van der Waals surface area (Å²) >= 11 is 1.56. The molecule has 3 rings (SSSR count). The third-order valence-electron chi connectivity index (χ3n) is 4.19. The van der Waals surface area contributed by atoms with E-state index in [1.54, 1.807) is 16.2 Å². The molecule has 116 valence electrons. The van der Waals surface area contributed by atoms with Gasteiger partial charge in [0.15, 0.2) is 0 Å². The van der Waals surface area contributed by atoms with Crippen molar-refractivity contribution in [2.24, 2.45) is 0 Å². The van der Waals surface area contributed by atoms with Crippen molar-refractivity contribution < 1.29 is 4.79 Å². The van der Waals surface area contributed by atoms with E-state index >= 15 is 0 Å². The number of nitrogens with zero attached hydrogens (tertiary/aromatic N) is 2. The minimum Gasteiger partial charge on any atom is -0.372 e. The molecule has 1 fully saturated rings. The number of benzene rings is 1. The minimum absolute atomic E-state index is 0.0846. The van der Waals surface area contributed by atoms with Crippen molar-refractivity contribution in [2.75, 3.05) is 25.0 Å². The Labute approximate surface area is 136 Å². The van der Waals surface area contributed by atoms with Crippen molar-refractivity contribution in [1.82, 2.24) is 4.90 Å². The first kappa shape index (κ1) is 15.1. The lowest BCUT2D eigenvalue weighted by Crippen LogP contribution is -2.29. The van der Waals surface area contributed by atoms with Crippen LogP contribution in [0.25, 0.3) is 0 Å². The van der Waals surface area contributed by atoms with Gasteiger partial charge >= 0.3 is 0 Å². The number of anilines is 1. The maximum Gasteiger partial charge on any atom is 0.254 e. The first-order valence-corrected chi connectivity index (χ1v) is 8.80. The Hall–Kier alpha value is -1.81. The van der Waals surface area contributed by atoms with Crippen LogP contribution in [-0.4, -0.2) is 30.9 Å². The maximum absolute atomic E-state index is 12.2. The van der Waals surface area contributed by atoms with Gasteiger partial charge in [-0.05, 0) is 48.4 Å². The van der Waals surface area contributed by atoms with Crippen molar-refractivity contribution in [3.05, 3.63) is 52.2 Å². The third-order valence-corrected chi connectivity index (χ3v) is 4.88. The Morgan fingerprint density at radius 1 is 1.14 bits per heavy atom. The Bertz CT molecular complexity index is 601. The van der Waals surface area contributed by atoms with E-state index in [0.29, 0.717) is 6.54 Å². The molecule has 0 atom stereocenters. The van der Waals surface area contributed by atoms with Gasteiger partial charge in [0.25, 0.3) is 5.91 Å². The number of carbonyl (C=O) groups is 1.